The molecule has 0 aliphatic carbocycles. The van der Waals surface area contributed by atoms with Crippen LogP contribution in [0.5, 0.6) is 0 Å². The van der Waals surface area contributed by atoms with E-state index >= 15 is 0 Å². The van der Waals surface area contributed by atoms with Crippen molar-refractivity contribution < 1.29 is 5.11 Å². The van der Waals surface area contributed by atoms with Crippen LogP contribution in [-0.2, 0) is 0 Å². The number of aromatic nitrogens is 3. The van der Waals surface area contributed by atoms with Gasteiger partial charge in [0.25, 0.3) is 0 Å². The molecule has 138 valence electrons. The van der Waals surface area contributed by atoms with Crippen LogP contribution < -0.4 is 20.4 Å². The molecule has 4 rings (SSSR count). The number of nitriles is 1. The van der Waals surface area contributed by atoms with Gasteiger partial charge in [-0.1, -0.05) is 24.3 Å². The molecule has 0 saturated heterocycles. The molecule has 8 heteroatoms. The van der Waals surface area contributed by atoms with Gasteiger partial charge in [-0.2, -0.15) is 5.26 Å². The molecule has 0 fully saturated rings. The Morgan fingerprint density at radius 3 is 2.75 bits per heavy atom. The lowest BCUT2D eigenvalue weighted by Gasteiger charge is -2.05. The van der Waals surface area contributed by atoms with Crippen molar-refractivity contribution in [3.63, 3.8) is 0 Å². The molecule has 0 bridgehead atoms. The van der Waals surface area contributed by atoms with Crippen LogP contribution in [0, 0.1) is 23.7 Å². The first-order valence-electron chi connectivity index (χ1n) is 8.41. The zero-order valence-electron chi connectivity index (χ0n) is 14.9. The third-order valence-corrected chi connectivity index (χ3v) is 5.47. The summed E-state index contributed by atoms with van der Waals surface area (Å²) in [5, 5.41) is 28.2. The first kappa shape index (κ1) is 17.6. The number of aryl methyl sites for hydroxylation is 1. The predicted octanol–water partition coefficient (Wildman–Crippen LogP) is 1.51. The minimum absolute atomic E-state index is 0.00876. The van der Waals surface area contributed by atoms with Gasteiger partial charge in [-0.05, 0) is 36.8 Å². The van der Waals surface area contributed by atoms with Crippen molar-refractivity contribution in [2.24, 2.45) is 5.73 Å². The molecule has 0 spiro atoms. The zero-order valence-corrected chi connectivity index (χ0v) is 15.7. The highest BCUT2D eigenvalue weighted by Gasteiger charge is 2.15. The Kier molecular flexibility index (Phi) is 4.22. The second-order valence-electron chi connectivity index (χ2n) is 6.23. The Labute approximate surface area is 163 Å². The van der Waals surface area contributed by atoms with E-state index in [0.717, 1.165) is 27.9 Å². The molecule has 2 aromatic heterocycles. The number of rotatable bonds is 2. The van der Waals surface area contributed by atoms with E-state index in [0.29, 0.717) is 16.2 Å². The average Bonchev–Trinajstić information content (AvgIpc) is 3.24. The molecule has 7 nitrogen and oxygen atoms in total. The van der Waals surface area contributed by atoms with Crippen LogP contribution in [0.3, 0.4) is 0 Å². The maximum atomic E-state index is 9.91. The lowest BCUT2D eigenvalue weighted by atomic mass is 10.2. The average molecular weight is 388 g/mol. The maximum Gasteiger partial charge on any atom is 0.203 e. The number of nitrogens with one attached hydrogen (secondary N) is 2. The molecule has 2 heterocycles. The van der Waals surface area contributed by atoms with Gasteiger partial charge >= 0.3 is 0 Å². The Bertz CT molecular complexity index is 1400. The smallest absolute Gasteiger partial charge is 0.203 e. The molecule has 0 saturated carbocycles. The fourth-order valence-corrected chi connectivity index (χ4v) is 4.04. The quantitative estimate of drug-likeness (QED) is 0.415. The highest BCUT2D eigenvalue weighted by atomic mass is 32.1. The minimum Gasteiger partial charge on any atom is -0.494 e. The highest BCUT2D eigenvalue weighted by Crippen LogP contribution is 2.15. The number of nitrogens with two attached hydrogens (primary N) is 1. The molecule has 0 amide bonds. The number of imidazole rings is 1. The number of benzene rings is 2. The number of H-pyrrole nitrogens is 1. The van der Waals surface area contributed by atoms with E-state index in [1.54, 1.807) is 4.57 Å². The third kappa shape index (κ3) is 2.84. The first-order chi connectivity index (χ1) is 13.5. The highest BCUT2D eigenvalue weighted by molar-refractivity contribution is 7.07. The van der Waals surface area contributed by atoms with Crippen molar-refractivity contribution in [3.05, 3.63) is 74.6 Å². The normalized spacial score (nSPS) is 13.3. The molecule has 2 aromatic carbocycles. The van der Waals surface area contributed by atoms with Crippen LogP contribution in [0.2, 0.25) is 0 Å². The lowest BCUT2D eigenvalue weighted by molar-refractivity contribution is 0.493. The van der Waals surface area contributed by atoms with Crippen LogP contribution in [0.25, 0.3) is 28.2 Å². The number of aromatic amines is 1. The number of fused-ring (bicyclic) bond motifs is 1. The minimum atomic E-state index is -0.454. The number of para-hydroxylation sites is 2. The number of hydrogen-bond donors (Lipinski definition) is 4. The Hall–Kier alpha value is -3.83. The van der Waals surface area contributed by atoms with E-state index in [2.05, 4.69) is 16.0 Å². The van der Waals surface area contributed by atoms with Gasteiger partial charge in [-0.15, -0.1) is 11.3 Å². The predicted molar refractivity (Wildman–Crippen MR) is 108 cm³/mol. The molecule has 0 aliphatic heterocycles. The third-order valence-electron chi connectivity index (χ3n) is 4.28. The molecule has 0 radical (unpaired) electrons. The van der Waals surface area contributed by atoms with Crippen molar-refractivity contribution in [1.29, 1.82) is 10.7 Å². The summed E-state index contributed by atoms with van der Waals surface area (Å²) in [5.74, 6) is -0.0565. The van der Waals surface area contributed by atoms with Crippen LogP contribution in [0.1, 0.15) is 11.4 Å². The molecule has 0 unspecified atom stereocenters. The van der Waals surface area contributed by atoms with E-state index in [1.165, 1.54) is 0 Å². The zero-order chi connectivity index (χ0) is 19.8. The molecule has 28 heavy (non-hydrogen) atoms. The van der Waals surface area contributed by atoms with Crippen LogP contribution in [-0.4, -0.2) is 19.6 Å². The van der Waals surface area contributed by atoms with Crippen molar-refractivity contribution in [2.45, 2.75) is 6.92 Å². The van der Waals surface area contributed by atoms with E-state index in [-0.39, 0.29) is 15.6 Å². The van der Waals surface area contributed by atoms with Gasteiger partial charge in [0.1, 0.15) is 20.8 Å². The number of nitrogens with zero attached hydrogens (tertiary/aromatic N) is 3. The molecule has 4 aromatic rings. The largest absolute Gasteiger partial charge is 0.494 e. The molecular weight excluding hydrogens is 372 g/mol. The van der Waals surface area contributed by atoms with Crippen molar-refractivity contribution in [3.8, 4) is 11.8 Å². The monoisotopic (exact) mass is 388 g/mol. The summed E-state index contributed by atoms with van der Waals surface area (Å²) in [6, 6.07) is 17.3. The van der Waals surface area contributed by atoms with Crippen molar-refractivity contribution in [1.82, 2.24) is 14.5 Å². The molecule has 5 N–H and O–H groups in total. The van der Waals surface area contributed by atoms with Gasteiger partial charge in [-0.3, -0.25) is 9.98 Å². The van der Waals surface area contributed by atoms with Gasteiger partial charge in [0.2, 0.25) is 5.88 Å². The first-order valence-corrected chi connectivity index (χ1v) is 9.23. The Morgan fingerprint density at radius 1 is 1.29 bits per heavy atom. The Balaban J connectivity index is 2.16. The van der Waals surface area contributed by atoms with Gasteiger partial charge in [0.05, 0.1) is 11.0 Å². The molecule has 0 aliphatic rings. The summed E-state index contributed by atoms with van der Waals surface area (Å²) in [6.45, 7) is 1.95. The van der Waals surface area contributed by atoms with Crippen LogP contribution in [0.4, 0.5) is 0 Å². The lowest BCUT2D eigenvalue weighted by Crippen LogP contribution is -2.33. The van der Waals surface area contributed by atoms with E-state index in [4.69, 9.17) is 11.1 Å². The van der Waals surface area contributed by atoms with E-state index < -0.39 is 5.88 Å². The fraction of sp³-hybridized carbons (Fsp3) is 0.0500. The maximum absolute atomic E-state index is 9.91. The van der Waals surface area contributed by atoms with Gasteiger partial charge in [-0.25, -0.2) is 4.98 Å². The Morgan fingerprint density at radius 2 is 2.07 bits per heavy atom. The fourth-order valence-electron chi connectivity index (χ4n) is 3.02. The van der Waals surface area contributed by atoms with Gasteiger partial charge < -0.3 is 15.8 Å². The summed E-state index contributed by atoms with van der Waals surface area (Å²) >= 11 is 1.08. The number of hydrogen-bond acceptors (Lipinski definition) is 6. The summed E-state index contributed by atoms with van der Waals surface area (Å²) in [7, 11) is 0. The summed E-state index contributed by atoms with van der Waals surface area (Å²) in [5.41, 5.74) is 9.11. The SMILES string of the molecule is Cc1cccc(-n2c(=N)/c(=C(\N)O)s/c2=C(\C#N)c2nc3ccccc3[nH]2)c1. The number of aliphatic hydroxyl groups is 1. The molecular formula is C20H16N6OS. The van der Waals surface area contributed by atoms with E-state index in [1.807, 2.05) is 55.5 Å². The standard InChI is InChI=1S/C20H16N6OS/c1-11-5-4-6-12(9-11)26-17(22)16(18(23)27)28-20(26)13(10-21)19-24-14-7-2-3-8-15(14)25-19/h2-9,22,27H,23H2,1H3,(H,24,25)/b18-16-,20-13+,22-17?. The summed E-state index contributed by atoms with van der Waals surface area (Å²) in [6.07, 6.45) is 0. The van der Waals surface area contributed by atoms with Gasteiger partial charge in [0, 0.05) is 5.69 Å². The number of aliphatic hydroxyl groups excluding tert-OH is 1. The van der Waals surface area contributed by atoms with Gasteiger partial charge in [0.15, 0.2) is 11.3 Å². The number of thiazole rings is 1. The van der Waals surface area contributed by atoms with Crippen molar-refractivity contribution in [2.75, 3.05) is 0 Å². The van der Waals surface area contributed by atoms with Crippen LogP contribution >= 0.6 is 11.3 Å². The topological polar surface area (TPSA) is 128 Å². The summed E-state index contributed by atoms with van der Waals surface area (Å²) < 4.78 is 2.26. The van der Waals surface area contributed by atoms with Crippen LogP contribution in [0.15, 0.2) is 48.5 Å². The van der Waals surface area contributed by atoms with Crippen molar-refractivity contribution >= 4 is 33.8 Å². The molecule has 0 atom stereocenters. The summed E-state index contributed by atoms with van der Waals surface area (Å²) in [4.78, 5) is 7.67. The second-order valence-corrected chi connectivity index (χ2v) is 7.23. The second kappa shape index (κ2) is 6.72. The van der Waals surface area contributed by atoms with E-state index in [9.17, 15) is 10.4 Å².